The van der Waals surface area contributed by atoms with Gasteiger partial charge in [-0.15, -0.1) is 0 Å². The second-order valence-electron chi connectivity index (χ2n) is 5.50. The van der Waals surface area contributed by atoms with Gasteiger partial charge in [-0.1, -0.05) is 31.5 Å². The summed E-state index contributed by atoms with van der Waals surface area (Å²) in [6.45, 7) is 2.17. The molecule has 1 fully saturated rings. The summed E-state index contributed by atoms with van der Waals surface area (Å²) in [4.78, 5) is 10.7. The van der Waals surface area contributed by atoms with Crippen molar-refractivity contribution >= 4 is 5.69 Å². The van der Waals surface area contributed by atoms with Crippen molar-refractivity contribution in [2.24, 2.45) is 11.8 Å². The molecule has 0 bridgehead atoms. The number of nitro benzene ring substituents is 1. The summed E-state index contributed by atoms with van der Waals surface area (Å²) in [5, 5.41) is 21.1. The molecule has 1 aliphatic carbocycles. The number of rotatable bonds is 4. The Bertz CT molecular complexity index is 447. The van der Waals surface area contributed by atoms with E-state index in [1.54, 1.807) is 18.2 Å². The van der Waals surface area contributed by atoms with Gasteiger partial charge in [0.1, 0.15) is 0 Å². The van der Waals surface area contributed by atoms with Gasteiger partial charge in [-0.05, 0) is 37.5 Å². The highest BCUT2D eigenvalue weighted by atomic mass is 16.6. The molecule has 0 amide bonds. The summed E-state index contributed by atoms with van der Waals surface area (Å²) in [5.74, 6) is 0.802. The van der Waals surface area contributed by atoms with E-state index in [9.17, 15) is 15.2 Å². The van der Waals surface area contributed by atoms with Crippen LogP contribution in [-0.4, -0.2) is 16.1 Å². The second kappa shape index (κ2) is 6.15. The molecular weight excluding hydrogens is 242 g/mol. The summed E-state index contributed by atoms with van der Waals surface area (Å²) in [6.07, 6.45) is 4.29. The topological polar surface area (TPSA) is 63.4 Å². The molecule has 0 aliphatic heterocycles. The van der Waals surface area contributed by atoms with Crippen LogP contribution in [-0.2, 0) is 6.42 Å². The lowest BCUT2D eigenvalue weighted by Crippen LogP contribution is -2.30. The number of nitrogens with zero attached hydrogens (tertiary/aromatic N) is 1. The van der Waals surface area contributed by atoms with Crippen LogP contribution in [0.2, 0.25) is 0 Å². The molecule has 1 aliphatic rings. The number of hydrogen-bond donors (Lipinski definition) is 1. The first-order valence-corrected chi connectivity index (χ1v) is 7.02. The minimum Gasteiger partial charge on any atom is -0.393 e. The maximum absolute atomic E-state index is 11.0. The van der Waals surface area contributed by atoms with Crippen molar-refractivity contribution in [3.8, 4) is 0 Å². The first-order valence-electron chi connectivity index (χ1n) is 7.02. The van der Waals surface area contributed by atoms with E-state index >= 15 is 0 Å². The molecule has 19 heavy (non-hydrogen) atoms. The number of aliphatic hydroxyl groups excluding tert-OH is 1. The molecule has 0 radical (unpaired) electrons. The van der Waals surface area contributed by atoms with E-state index in [4.69, 9.17) is 0 Å². The van der Waals surface area contributed by atoms with E-state index in [0.717, 1.165) is 31.2 Å². The maximum Gasteiger partial charge on any atom is 0.272 e. The van der Waals surface area contributed by atoms with Crippen LogP contribution < -0.4 is 0 Å². The number of nitro groups is 1. The van der Waals surface area contributed by atoms with E-state index in [2.05, 4.69) is 6.92 Å². The fraction of sp³-hybridized carbons (Fsp3) is 0.600. The van der Waals surface area contributed by atoms with Crippen LogP contribution in [0.5, 0.6) is 0 Å². The molecule has 3 atom stereocenters. The highest BCUT2D eigenvalue weighted by molar-refractivity contribution is 5.40. The summed E-state index contributed by atoms with van der Waals surface area (Å²) in [7, 11) is 0. The predicted octanol–water partition coefficient (Wildman–Crippen LogP) is 3.32. The van der Waals surface area contributed by atoms with Crippen molar-refractivity contribution in [2.75, 3.05) is 0 Å². The quantitative estimate of drug-likeness (QED) is 0.669. The standard InChI is InChI=1S/C15H21NO3/c1-2-11-7-8-15(17)13(9-11)10-12-5-3-4-6-14(12)16(18)19/h3-6,11,13,15,17H,2,7-10H2,1H3. The van der Waals surface area contributed by atoms with Crippen molar-refractivity contribution in [1.29, 1.82) is 0 Å². The van der Waals surface area contributed by atoms with Gasteiger partial charge < -0.3 is 5.11 Å². The van der Waals surface area contributed by atoms with Gasteiger partial charge in [0.25, 0.3) is 5.69 Å². The van der Waals surface area contributed by atoms with E-state index in [0.29, 0.717) is 12.3 Å². The first-order chi connectivity index (χ1) is 9.11. The van der Waals surface area contributed by atoms with Gasteiger partial charge in [0.2, 0.25) is 0 Å². The zero-order valence-corrected chi connectivity index (χ0v) is 11.3. The maximum atomic E-state index is 11.0. The van der Waals surface area contributed by atoms with Crippen LogP contribution in [0.4, 0.5) is 5.69 Å². The van der Waals surface area contributed by atoms with Gasteiger partial charge in [0.05, 0.1) is 11.0 Å². The van der Waals surface area contributed by atoms with Crippen LogP contribution in [0.3, 0.4) is 0 Å². The van der Waals surface area contributed by atoms with Crippen LogP contribution >= 0.6 is 0 Å². The van der Waals surface area contributed by atoms with Crippen molar-refractivity contribution < 1.29 is 10.0 Å². The molecule has 0 aromatic heterocycles. The number of aliphatic hydroxyl groups is 1. The second-order valence-corrected chi connectivity index (χ2v) is 5.50. The minimum atomic E-state index is -0.332. The van der Waals surface area contributed by atoms with Crippen LogP contribution in [0, 0.1) is 22.0 Å². The molecular formula is C15H21NO3. The fourth-order valence-corrected chi connectivity index (χ4v) is 3.08. The highest BCUT2D eigenvalue weighted by Gasteiger charge is 2.29. The molecule has 4 heteroatoms. The minimum absolute atomic E-state index is 0.153. The van der Waals surface area contributed by atoms with E-state index in [-0.39, 0.29) is 22.6 Å². The predicted molar refractivity (Wildman–Crippen MR) is 73.9 cm³/mol. The lowest BCUT2D eigenvalue weighted by Gasteiger charge is -2.32. The highest BCUT2D eigenvalue weighted by Crippen LogP contribution is 2.34. The lowest BCUT2D eigenvalue weighted by atomic mass is 9.75. The van der Waals surface area contributed by atoms with Crippen molar-refractivity contribution in [2.45, 2.75) is 45.1 Å². The van der Waals surface area contributed by atoms with Crippen LogP contribution in [0.1, 0.15) is 38.2 Å². The third-order valence-corrected chi connectivity index (χ3v) is 4.30. The summed E-state index contributed by atoms with van der Waals surface area (Å²) in [6, 6.07) is 6.87. The van der Waals surface area contributed by atoms with E-state index in [1.807, 2.05) is 6.07 Å². The molecule has 0 saturated heterocycles. The summed E-state index contributed by atoms with van der Waals surface area (Å²) < 4.78 is 0. The molecule has 2 rings (SSSR count). The largest absolute Gasteiger partial charge is 0.393 e. The first kappa shape index (κ1) is 14.0. The molecule has 104 valence electrons. The number of hydrogen-bond acceptors (Lipinski definition) is 3. The van der Waals surface area contributed by atoms with Gasteiger partial charge >= 0.3 is 0 Å². The Morgan fingerprint density at radius 3 is 2.79 bits per heavy atom. The molecule has 1 N–H and O–H groups in total. The van der Waals surface area contributed by atoms with Crippen LogP contribution in [0.25, 0.3) is 0 Å². The van der Waals surface area contributed by atoms with E-state index in [1.165, 1.54) is 0 Å². The molecule has 0 heterocycles. The Morgan fingerprint density at radius 2 is 2.11 bits per heavy atom. The molecule has 1 aromatic carbocycles. The molecule has 4 nitrogen and oxygen atoms in total. The fourth-order valence-electron chi connectivity index (χ4n) is 3.08. The Kier molecular flexibility index (Phi) is 4.53. The smallest absolute Gasteiger partial charge is 0.272 e. The van der Waals surface area contributed by atoms with Crippen molar-refractivity contribution in [1.82, 2.24) is 0 Å². The molecule has 3 unspecified atom stereocenters. The molecule has 1 saturated carbocycles. The Balaban J connectivity index is 2.13. The summed E-state index contributed by atoms with van der Waals surface area (Å²) >= 11 is 0. The van der Waals surface area contributed by atoms with Gasteiger partial charge in [0.15, 0.2) is 0 Å². The molecule has 0 spiro atoms. The van der Waals surface area contributed by atoms with Gasteiger partial charge in [-0.25, -0.2) is 0 Å². The van der Waals surface area contributed by atoms with E-state index < -0.39 is 0 Å². The third kappa shape index (κ3) is 3.32. The average Bonchev–Trinajstić information content (AvgIpc) is 2.41. The Labute approximate surface area is 113 Å². The van der Waals surface area contributed by atoms with Crippen LogP contribution in [0.15, 0.2) is 24.3 Å². The van der Waals surface area contributed by atoms with Gasteiger partial charge in [-0.2, -0.15) is 0 Å². The van der Waals surface area contributed by atoms with Gasteiger partial charge in [-0.3, -0.25) is 10.1 Å². The third-order valence-electron chi connectivity index (χ3n) is 4.30. The summed E-state index contributed by atoms with van der Waals surface area (Å²) in [5.41, 5.74) is 0.918. The zero-order chi connectivity index (χ0) is 13.8. The number of para-hydroxylation sites is 1. The Hall–Kier alpha value is -1.42. The normalized spacial score (nSPS) is 27.2. The monoisotopic (exact) mass is 263 g/mol. The number of benzene rings is 1. The average molecular weight is 263 g/mol. The van der Waals surface area contributed by atoms with Crippen molar-refractivity contribution in [3.63, 3.8) is 0 Å². The SMILES string of the molecule is CCC1CCC(O)C(Cc2ccccc2[N+](=O)[O-])C1. The Morgan fingerprint density at radius 1 is 1.37 bits per heavy atom. The molecule has 1 aromatic rings. The zero-order valence-electron chi connectivity index (χ0n) is 11.3. The van der Waals surface area contributed by atoms with Gasteiger partial charge in [0, 0.05) is 11.6 Å². The van der Waals surface area contributed by atoms with Crippen molar-refractivity contribution in [3.05, 3.63) is 39.9 Å². The lowest BCUT2D eigenvalue weighted by molar-refractivity contribution is -0.385.